The fraction of sp³-hybridized carbons (Fsp3) is 0.235. The van der Waals surface area contributed by atoms with E-state index in [0.717, 1.165) is 17.7 Å². The highest BCUT2D eigenvalue weighted by Crippen LogP contribution is 2.16. The Balaban J connectivity index is 2.22. The Morgan fingerprint density at radius 3 is 2.90 bits per heavy atom. The smallest absolute Gasteiger partial charge is 0.272 e. The largest absolute Gasteiger partial charge is 0.384 e. The van der Waals surface area contributed by atoms with Gasteiger partial charge in [-0.05, 0) is 43.7 Å². The van der Waals surface area contributed by atoms with E-state index in [0.29, 0.717) is 11.4 Å². The lowest BCUT2D eigenvalue weighted by Crippen LogP contribution is -2.16. The number of hydrogen-bond acceptors (Lipinski definition) is 2. The Morgan fingerprint density at radius 2 is 2.19 bits per heavy atom. The van der Waals surface area contributed by atoms with Crippen molar-refractivity contribution in [2.45, 2.75) is 20.4 Å². The van der Waals surface area contributed by atoms with Gasteiger partial charge in [0.15, 0.2) is 0 Å². The minimum absolute atomic E-state index is 0.147. The van der Waals surface area contributed by atoms with Crippen molar-refractivity contribution in [3.8, 4) is 11.8 Å². The van der Waals surface area contributed by atoms with Crippen molar-refractivity contribution in [3.05, 3.63) is 53.3 Å². The molecule has 0 unspecified atom stereocenters. The third kappa shape index (κ3) is 3.53. The lowest BCUT2D eigenvalue weighted by molar-refractivity contribution is 0.101. The highest BCUT2D eigenvalue weighted by atomic mass is 16.2. The molecule has 0 aliphatic rings. The van der Waals surface area contributed by atoms with Gasteiger partial charge in [0.1, 0.15) is 12.3 Å². The average Bonchev–Trinajstić information content (AvgIpc) is 2.96. The number of nitrogens with one attached hydrogen (secondary N) is 1. The summed E-state index contributed by atoms with van der Waals surface area (Å²) in [6.07, 6.45) is 1.88. The van der Waals surface area contributed by atoms with Gasteiger partial charge in [-0.3, -0.25) is 4.79 Å². The molecular formula is C17H18N2O2. The molecule has 0 radical (unpaired) electrons. The normalized spacial score (nSPS) is 9.86. The van der Waals surface area contributed by atoms with Gasteiger partial charge < -0.3 is 15.0 Å². The molecule has 2 aromatic rings. The summed E-state index contributed by atoms with van der Waals surface area (Å²) in [6.45, 7) is 4.50. The van der Waals surface area contributed by atoms with Crippen molar-refractivity contribution < 1.29 is 9.90 Å². The van der Waals surface area contributed by atoms with Crippen molar-refractivity contribution in [1.29, 1.82) is 0 Å². The van der Waals surface area contributed by atoms with Gasteiger partial charge in [0.2, 0.25) is 0 Å². The molecule has 1 amide bonds. The quantitative estimate of drug-likeness (QED) is 0.849. The highest BCUT2D eigenvalue weighted by molar-refractivity contribution is 6.03. The third-order valence-corrected chi connectivity index (χ3v) is 3.20. The van der Waals surface area contributed by atoms with E-state index in [2.05, 4.69) is 17.2 Å². The van der Waals surface area contributed by atoms with Crippen molar-refractivity contribution in [2.75, 3.05) is 11.9 Å². The summed E-state index contributed by atoms with van der Waals surface area (Å²) in [5.74, 6) is 5.35. The number of anilines is 1. The molecular weight excluding hydrogens is 264 g/mol. The summed E-state index contributed by atoms with van der Waals surface area (Å²) in [4.78, 5) is 12.3. The Morgan fingerprint density at radius 1 is 1.38 bits per heavy atom. The Kier molecular flexibility index (Phi) is 4.81. The second kappa shape index (κ2) is 6.78. The van der Waals surface area contributed by atoms with Crippen LogP contribution in [0.2, 0.25) is 0 Å². The number of aliphatic hydroxyl groups is 1. The number of aromatic nitrogens is 1. The van der Waals surface area contributed by atoms with E-state index in [1.165, 1.54) is 0 Å². The van der Waals surface area contributed by atoms with E-state index in [-0.39, 0.29) is 12.5 Å². The second-order valence-corrected chi connectivity index (χ2v) is 4.62. The minimum atomic E-state index is -0.181. The zero-order chi connectivity index (χ0) is 15.2. The first-order valence-electron chi connectivity index (χ1n) is 6.82. The van der Waals surface area contributed by atoms with E-state index >= 15 is 0 Å². The summed E-state index contributed by atoms with van der Waals surface area (Å²) in [5.41, 5.74) is 3.12. The first kappa shape index (κ1) is 14.9. The molecule has 0 aliphatic carbocycles. The molecule has 108 valence electrons. The zero-order valence-corrected chi connectivity index (χ0v) is 12.2. The molecule has 0 saturated carbocycles. The number of benzene rings is 1. The molecule has 1 heterocycles. The number of aryl methyl sites for hydroxylation is 2. The van der Waals surface area contributed by atoms with Gasteiger partial charge in [-0.2, -0.15) is 0 Å². The van der Waals surface area contributed by atoms with Crippen LogP contribution >= 0.6 is 0 Å². The monoisotopic (exact) mass is 282 g/mol. The summed E-state index contributed by atoms with van der Waals surface area (Å²) < 4.78 is 1.88. The first-order chi connectivity index (χ1) is 10.2. The summed E-state index contributed by atoms with van der Waals surface area (Å²) in [6, 6.07) is 9.20. The molecule has 21 heavy (non-hydrogen) atoms. The first-order valence-corrected chi connectivity index (χ1v) is 6.82. The van der Waals surface area contributed by atoms with Crippen LogP contribution < -0.4 is 5.32 Å². The van der Waals surface area contributed by atoms with Gasteiger partial charge in [0, 0.05) is 24.0 Å². The van der Waals surface area contributed by atoms with E-state index in [1.807, 2.05) is 48.9 Å². The molecule has 0 aliphatic heterocycles. The van der Waals surface area contributed by atoms with E-state index < -0.39 is 0 Å². The van der Waals surface area contributed by atoms with Crippen molar-refractivity contribution in [2.24, 2.45) is 0 Å². The number of carbonyl (C=O) groups excluding carboxylic acids is 1. The molecule has 1 aromatic heterocycles. The number of amides is 1. The third-order valence-electron chi connectivity index (χ3n) is 3.20. The number of hydrogen-bond donors (Lipinski definition) is 2. The molecule has 4 nitrogen and oxygen atoms in total. The van der Waals surface area contributed by atoms with Gasteiger partial charge in [-0.15, -0.1) is 0 Å². The van der Waals surface area contributed by atoms with Gasteiger partial charge in [0.25, 0.3) is 5.91 Å². The average molecular weight is 282 g/mol. The molecule has 0 spiro atoms. The van der Waals surface area contributed by atoms with Crippen LogP contribution in [0.3, 0.4) is 0 Å². The van der Waals surface area contributed by atoms with Crippen molar-refractivity contribution in [1.82, 2.24) is 4.57 Å². The Hall–Kier alpha value is -2.51. The SMILES string of the molecule is CCn1cccc1C(=O)Nc1ccc(C)c(C#CCO)c1. The lowest BCUT2D eigenvalue weighted by Gasteiger charge is -2.09. The van der Waals surface area contributed by atoms with Crippen molar-refractivity contribution >= 4 is 11.6 Å². The minimum Gasteiger partial charge on any atom is -0.384 e. The molecule has 2 N–H and O–H groups in total. The topological polar surface area (TPSA) is 54.3 Å². The predicted octanol–water partition coefficient (Wildman–Crippen LogP) is 2.41. The van der Waals surface area contributed by atoms with Crippen LogP contribution in [0.25, 0.3) is 0 Å². The summed E-state index contributed by atoms with van der Waals surface area (Å²) in [5, 5.41) is 11.6. The fourth-order valence-corrected chi connectivity index (χ4v) is 2.06. The van der Waals surface area contributed by atoms with Gasteiger partial charge in [-0.25, -0.2) is 0 Å². The highest BCUT2D eigenvalue weighted by Gasteiger charge is 2.10. The van der Waals surface area contributed by atoms with E-state index in [9.17, 15) is 4.79 Å². The maximum absolute atomic E-state index is 12.3. The van der Waals surface area contributed by atoms with Gasteiger partial charge in [-0.1, -0.05) is 17.9 Å². The Labute approximate surface area is 124 Å². The summed E-state index contributed by atoms with van der Waals surface area (Å²) in [7, 11) is 0. The maximum atomic E-state index is 12.3. The van der Waals surface area contributed by atoms with Crippen LogP contribution in [-0.2, 0) is 6.54 Å². The van der Waals surface area contributed by atoms with Crippen LogP contribution in [-0.4, -0.2) is 22.2 Å². The van der Waals surface area contributed by atoms with Crippen molar-refractivity contribution in [3.63, 3.8) is 0 Å². The van der Waals surface area contributed by atoms with Crippen LogP contribution in [0.4, 0.5) is 5.69 Å². The number of rotatable bonds is 3. The van der Waals surface area contributed by atoms with Gasteiger partial charge in [0.05, 0.1) is 0 Å². The van der Waals surface area contributed by atoms with E-state index in [4.69, 9.17) is 5.11 Å². The lowest BCUT2D eigenvalue weighted by atomic mass is 10.1. The maximum Gasteiger partial charge on any atom is 0.272 e. The zero-order valence-electron chi connectivity index (χ0n) is 12.2. The number of carbonyl (C=O) groups is 1. The number of aliphatic hydroxyl groups excluding tert-OH is 1. The second-order valence-electron chi connectivity index (χ2n) is 4.62. The van der Waals surface area contributed by atoms with Crippen LogP contribution in [0.5, 0.6) is 0 Å². The number of nitrogens with zero attached hydrogens (tertiary/aromatic N) is 1. The molecule has 2 rings (SSSR count). The molecule has 0 fully saturated rings. The standard InChI is InChI=1S/C17H18N2O2/c1-3-19-10-4-7-16(19)17(21)18-15-9-8-13(2)14(12-15)6-5-11-20/h4,7-10,12,20H,3,11H2,1-2H3,(H,18,21). The molecule has 4 heteroatoms. The molecule has 0 saturated heterocycles. The molecule has 0 bridgehead atoms. The predicted molar refractivity (Wildman–Crippen MR) is 83.2 cm³/mol. The van der Waals surface area contributed by atoms with E-state index in [1.54, 1.807) is 6.07 Å². The summed E-state index contributed by atoms with van der Waals surface area (Å²) >= 11 is 0. The molecule has 1 aromatic carbocycles. The van der Waals surface area contributed by atoms with Crippen LogP contribution in [0.15, 0.2) is 36.5 Å². The van der Waals surface area contributed by atoms with Crippen LogP contribution in [0.1, 0.15) is 28.5 Å². The molecule has 0 atom stereocenters. The van der Waals surface area contributed by atoms with Crippen LogP contribution in [0, 0.1) is 18.8 Å². The van der Waals surface area contributed by atoms with Gasteiger partial charge >= 0.3 is 0 Å². The fourth-order valence-electron chi connectivity index (χ4n) is 2.06. The Bertz CT molecular complexity index is 705.